The van der Waals surface area contributed by atoms with Crippen molar-refractivity contribution in [2.24, 2.45) is 5.73 Å². The van der Waals surface area contributed by atoms with Crippen LogP contribution in [0.2, 0.25) is 0 Å². The molecule has 0 saturated carbocycles. The van der Waals surface area contributed by atoms with Crippen molar-refractivity contribution in [1.29, 1.82) is 0 Å². The minimum atomic E-state index is -3.75. The number of rotatable bonds is 5. The topological polar surface area (TPSA) is 92.5 Å². The second-order valence-corrected chi connectivity index (χ2v) is 7.01. The Labute approximate surface area is 129 Å². The molecule has 0 spiro atoms. The fourth-order valence-corrected chi connectivity index (χ4v) is 3.28. The lowest BCUT2D eigenvalue weighted by Crippen LogP contribution is -2.38. The highest BCUT2D eigenvalue weighted by Crippen LogP contribution is 2.12. The average molecular weight is 327 g/mol. The molecule has 1 saturated heterocycles. The van der Waals surface area contributed by atoms with Crippen molar-refractivity contribution in [3.63, 3.8) is 0 Å². The summed E-state index contributed by atoms with van der Waals surface area (Å²) in [6.45, 7) is 1.15. The van der Waals surface area contributed by atoms with Crippen molar-refractivity contribution < 1.29 is 13.2 Å². The molecule has 0 unspecified atom stereocenters. The number of amides is 1. The summed E-state index contributed by atoms with van der Waals surface area (Å²) >= 11 is 4.83. The SMILES string of the molecule is NC(=S)c1cccc(S(=O)(=O)NCC(=O)N2CCCC2)c1. The molecule has 1 fully saturated rings. The molecule has 6 nitrogen and oxygen atoms in total. The molecular formula is C13H17N3O3S2. The molecule has 1 aliphatic rings. The van der Waals surface area contributed by atoms with Crippen molar-refractivity contribution in [2.45, 2.75) is 17.7 Å². The van der Waals surface area contributed by atoms with E-state index < -0.39 is 10.0 Å². The van der Waals surface area contributed by atoms with Gasteiger partial charge in [0.25, 0.3) is 0 Å². The fraction of sp³-hybridized carbons (Fsp3) is 0.385. The number of carbonyl (C=O) groups excluding carboxylic acids is 1. The van der Waals surface area contributed by atoms with E-state index in [0.29, 0.717) is 18.7 Å². The van der Waals surface area contributed by atoms with E-state index in [1.54, 1.807) is 17.0 Å². The van der Waals surface area contributed by atoms with Crippen LogP contribution in [0, 0.1) is 0 Å². The van der Waals surface area contributed by atoms with Gasteiger partial charge in [-0.25, -0.2) is 13.1 Å². The smallest absolute Gasteiger partial charge is 0.241 e. The van der Waals surface area contributed by atoms with Crippen LogP contribution >= 0.6 is 12.2 Å². The summed E-state index contributed by atoms with van der Waals surface area (Å²) in [5.41, 5.74) is 5.96. The van der Waals surface area contributed by atoms with E-state index in [-0.39, 0.29) is 22.3 Å². The molecule has 8 heteroatoms. The van der Waals surface area contributed by atoms with E-state index in [4.69, 9.17) is 18.0 Å². The summed E-state index contributed by atoms with van der Waals surface area (Å²) in [4.78, 5) is 13.7. The first-order chi connectivity index (χ1) is 9.90. The van der Waals surface area contributed by atoms with Crippen molar-refractivity contribution in [3.05, 3.63) is 29.8 Å². The minimum Gasteiger partial charge on any atom is -0.389 e. The third-order valence-corrected chi connectivity index (χ3v) is 4.94. The van der Waals surface area contributed by atoms with Crippen LogP contribution in [-0.4, -0.2) is 43.8 Å². The minimum absolute atomic E-state index is 0.0435. The number of benzene rings is 1. The fourth-order valence-electron chi connectivity index (χ4n) is 2.13. The molecule has 1 amide bonds. The maximum absolute atomic E-state index is 12.2. The van der Waals surface area contributed by atoms with Gasteiger partial charge < -0.3 is 10.6 Å². The second-order valence-electron chi connectivity index (χ2n) is 4.80. The average Bonchev–Trinajstić information content (AvgIpc) is 2.99. The van der Waals surface area contributed by atoms with E-state index >= 15 is 0 Å². The van der Waals surface area contributed by atoms with Gasteiger partial charge in [-0.15, -0.1) is 0 Å². The molecule has 3 N–H and O–H groups in total. The first kappa shape index (κ1) is 15.9. The Bertz CT molecular complexity index is 652. The number of nitrogens with one attached hydrogen (secondary N) is 1. The van der Waals surface area contributed by atoms with Gasteiger partial charge in [-0.05, 0) is 25.0 Å². The number of nitrogens with zero attached hydrogens (tertiary/aromatic N) is 1. The van der Waals surface area contributed by atoms with Gasteiger partial charge in [0.1, 0.15) is 4.99 Å². The Kier molecular flexibility index (Phi) is 4.92. The molecule has 2 rings (SSSR count). The van der Waals surface area contributed by atoms with Crippen molar-refractivity contribution in [1.82, 2.24) is 9.62 Å². The molecule has 0 aromatic heterocycles. The van der Waals surface area contributed by atoms with Crippen LogP contribution in [0.1, 0.15) is 18.4 Å². The van der Waals surface area contributed by atoms with Crippen LogP contribution in [0.4, 0.5) is 0 Å². The molecule has 0 radical (unpaired) electrons. The van der Waals surface area contributed by atoms with Crippen LogP contribution in [0.3, 0.4) is 0 Å². The Morgan fingerprint density at radius 3 is 2.62 bits per heavy atom. The highest BCUT2D eigenvalue weighted by molar-refractivity contribution is 7.89. The van der Waals surface area contributed by atoms with E-state index in [1.807, 2.05) is 0 Å². The maximum Gasteiger partial charge on any atom is 0.241 e. The normalized spacial score (nSPS) is 15.1. The predicted molar refractivity (Wildman–Crippen MR) is 83.3 cm³/mol. The molecule has 1 heterocycles. The quantitative estimate of drug-likeness (QED) is 0.755. The van der Waals surface area contributed by atoms with Gasteiger partial charge >= 0.3 is 0 Å². The Morgan fingerprint density at radius 2 is 2.00 bits per heavy atom. The lowest BCUT2D eigenvalue weighted by molar-refractivity contribution is -0.128. The maximum atomic E-state index is 12.2. The van der Waals surface area contributed by atoms with Crippen molar-refractivity contribution >= 4 is 33.1 Å². The van der Waals surface area contributed by atoms with Gasteiger partial charge in [0, 0.05) is 18.7 Å². The van der Waals surface area contributed by atoms with Crippen LogP contribution in [0.15, 0.2) is 29.2 Å². The highest BCUT2D eigenvalue weighted by Gasteiger charge is 2.21. The number of thiocarbonyl (C=S) groups is 1. The van der Waals surface area contributed by atoms with Crippen LogP contribution in [-0.2, 0) is 14.8 Å². The van der Waals surface area contributed by atoms with E-state index in [2.05, 4.69) is 4.72 Å². The molecular weight excluding hydrogens is 310 g/mol. The number of likely N-dealkylation sites (tertiary alicyclic amines) is 1. The number of carbonyl (C=O) groups is 1. The number of sulfonamides is 1. The Hall–Kier alpha value is -1.51. The molecule has 0 aliphatic carbocycles. The van der Waals surface area contributed by atoms with Crippen LogP contribution in [0.25, 0.3) is 0 Å². The zero-order chi connectivity index (χ0) is 15.5. The molecule has 1 aliphatic heterocycles. The first-order valence-corrected chi connectivity index (χ1v) is 8.46. The van der Waals surface area contributed by atoms with Crippen LogP contribution < -0.4 is 10.5 Å². The monoisotopic (exact) mass is 327 g/mol. The molecule has 0 atom stereocenters. The molecule has 0 bridgehead atoms. The third-order valence-electron chi connectivity index (χ3n) is 3.30. The predicted octanol–water partition coefficient (Wildman–Crippen LogP) is 0.221. The van der Waals surface area contributed by atoms with Crippen molar-refractivity contribution in [2.75, 3.05) is 19.6 Å². The molecule has 1 aromatic carbocycles. The first-order valence-electron chi connectivity index (χ1n) is 6.57. The van der Waals surface area contributed by atoms with Crippen LogP contribution in [0.5, 0.6) is 0 Å². The molecule has 21 heavy (non-hydrogen) atoms. The molecule has 1 aromatic rings. The van der Waals surface area contributed by atoms with Gasteiger partial charge in [0.05, 0.1) is 11.4 Å². The second kappa shape index (κ2) is 6.50. The van der Waals surface area contributed by atoms with E-state index in [1.165, 1.54) is 12.1 Å². The van der Waals surface area contributed by atoms with Crippen molar-refractivity contribution in [3.8, 4) is 0 Å². The largest absolute Gasteiger partial charge is 0.389 e. The molecule has 114 valence electrons. The Morgan fingerprint density at radius 1 is 1.33 bits per heavy atom. The lowest BCUT2D eigenvalue weighted by atomic mass is 10.2. The summed E-state index contributed by atoms with van der Waals surface area (Å²) in [5.74, 6) is -0.207. The summed E-state index contributed by atoms with van der Waals surface area (Å²) in [6.07, 6.45) is 1.93. The third kappa shape index (κ3) is 3.99. The van der Waals surface area contributed by atoms with E-state index in [9.17, 15) is 13.2 Å². The number of hydrogen-bond acceptors (Lipinski definition) is 4. The van der Waals surface area contributed by atoms with Gasteiger partial charge in [-0.3, -0.25) is 4.79 Å². The lowest BCUT2D eigenvalue weighted by Gasteiger charge is -2.15. The zero-order valence-electron chi connectivity index (χ0n) is 11.4. The number of nitrogens with two attached hydrogens (primary N) is 1. The summed E-state index contributed by atoms with van der Waals surface area (Å²) < 4.78 is 26.6. The summed E-state index contributed by atoms with van der Waals surface area (Å²) in [5, 5.41) is 0. The van der Waals surface area contributed by atoms with Gasteiger partial charge in [-0.1, -0.05) is 24.4 Å². The zero-order valence-corrected chi connectivity index (χ0v) is 13.0. The Balaban J connectivity index is 2.06. The summed E-state index contributed by atoms with van der Waals surface area (Å²) in [6, 6.07) is 6.03. The standard InChI is InChI=1S/C13H17N3O3S2/c14-13(20)10-4-3-5-11(8-10)21(18,19)15-9-12(17)16-6-1-2-7-16/h3-5,8,15H,1-2,6-7,9H2,(H2,14,20). The van der Waals surface area contributed by atoms with Gasteiger partial charge in [0.15, 0.2) is 0 Å². The summed E-state index contributed by atoms with van der Waals surface area (Å²) in [7, 11) is -3.75. The number of hydrogen-bond donors (Lipinski definition) is 2. The highest BCUT2D eigenvalue weighted by atomic mass is 32.2. The van der Waals surface area contributed by atoms with E-state index in [0.717, 1.165) is 12.8 Å². The van der Waals surface area contributed by atoms with Gasteiger partial charge in [0.2, 0.25) is 15.9 Å². The van der Waals surface area contributed by atoms with Gasteiger partial charge in [-0.2, -0.15) is 0 Å².